The number of hydrogen-bond donors (Lipinski definition) is 0. The van der Waals surface area contributed by atoms with E-state index in [-0.39, 0.29) is 31.1 Å². The number of hydrogen-bond acceptors (Lipinski definition) is 6. The lowest BCUT2D eigenvalue weighted by atomic mass is 10.0. The van der Waals surface area contributed by atoms with Crippen LogP contribution >= 0.6 is 0 Å². The van der Waals surface area contributed by atoms with Crippen LogP contribution in [-0.4, -0.2) is 37.2 Å². The number of rotatable bonds is 63. The molecule has 0 aromatic carbocycles. The lowest BCUT2D eigenvalue weighted by Crippen LogP contribution is -2.30. The first kappa shape index (κ1) is 78.8. The standard InChI is InChI=1S/C77H130O6/c1-4-7-10-13-16-19-22-25-28-31-33-35-37-38-39-40-41-43-44-46-49-52-55-58-61-64-67-70-76(79)82-73-74(72-81-75(78)69-66-63-60-57-54-51-48-30-27-24-21-18-15-12-9-6-3)83-77(80)71-68-65-62-59-56-53-50-47-45-42-36-34-32-29-26-23-20-17-14-11-8-5-2/h7,10,16,19,21,24-25,28,30,33,35,38-39,41,43,46,48-49,55,58,74H,4-6,8-9,11-15,17-18,20,22-23,26-27,29,31-32,34,36-37,40,42,44-45,47,50-54,56-57,59-73H2,1-3H3/b10-7-,19-16-,24-21-,28-25-,35-33-,39-38-,43-41-,48-30-,49-46-,58-55-. The van der Waals surface area contributed by atoms with Gasteiger partial charge in [-0.15, -0.1) is 0 Å². The quantitative estimate of drug-likeness (QED) is 0.0261. The molecule has 0 aromatic heterocycles. The fourth-order valence-electron chi connectivity index (χ4n) is 9.73. The van der Waals surface area contributed by atoms with Gasteiger partial charge in [0.25, 0.3) is 0 Å². The van der Waals surface area contributed by atoms with Crippen molar-refractivity contribution in [2.24, 2.45) is 0 Å². The van der Waals surface area contributed by atoms with Crippen LogP contribution < -0.4 is 0 Å². The van der Waals surface area contributed by atoms with Crippen molar-refractivity contribution in [2.45, 2.75) is 335 Å². The van der Waals surface area contributed by atoms with E-state index in [4.69, 9.17) is 14.2 Å². The second-order valence-electron chi connectivity index (χ2n) is 23.1. The Balaban J connectivity index is 4.45. The molecule has 0 N–H and O–H groups in total. The zero-order chi connectivity index (χ0) is 59.9. The summed E-state index contributed by atoms with van der Waals surface area (Å²) in [7, 11) is 0. The summed E-state index contributed by atoms with van der Waals surface area (Å²) in [6, 6.07) is 0. The molecule has 0 aliphatic heterocycles. The normalized spacial score (nSPS) is 12.9. The van der Waals surface area contributed by atoms with Gasteiger partial charge in [0, 0.05) is 19.3 Å². The maximum Gasteiger partial charge on any atom is 0.306 e. The highest BCUT2D eigenvalue weighted by Crippen LogP contribution is 2.17. The second-order valence-corrected chi connectivity index (χ2v) is 23.1. The van der Waals surface area contributed by atoms with Crippen LogP contribution in [0.3, 0.4) is 0 Å². The third-order valence-electron chi connectivity index (χ3n) is 15.0. The molecule has 474 valence electrons. The van der Waals surface area contributed by atoms with Gasteiger partial charge in [-0.2, -0.15) is 0 Å². The van der Waals surface area contributed by atoms with Crippen LogP contribution in [0.4, 0.5) is 0 Å². The highest BCUT2D eigenvalue weighted by molar-refractivity contribution is 5.71. The number of carbonyl (C=O) groups excluding carboxylic acids is 3. The lowest BCUT2D eigenvalue weighted by Gasteiger charge is -2.18. The molecule has 0 rings (SSSR count). The SMILES string of the molecule is CC/C=C\C/C=C\C/C=C\C/C=C\C/C=C\C/C=C\C/C=C\C/C=C\CCCCC(=O)OCC(COC(=O)CCCCCCC/C=C\C/C=C\CCCCCC)OC(=O)CCCCCCCCCCCCCCCCCCCCCCCC. The average Bonchev–Trinajstić information content (AvgIpc) is 3.49. The van der Waals surface area contributed by atoms with Crippen molar-refractivity contribution in [3.63, 3.8) is 0 Å². The summed E-state index contributed by atoms with van der Waals surface area (Å²) in [6.45, 7) is 6.50. The first-order valence-electron chi connectivity index (χ1n) is 35.0. The molecule has 0 aromatic rings. The largest absolute Gasteiger partial charge is 0.462 e. The molecule has 6 nitrogen and oxygen atoms in total. The molecular weight excluding hydrogens is 1020 g/mol. The van der Waals surface area contributed by atoms with Gasteiger partial charge in [-0.1, -0.05) is 316 Å². The zero-order valence-electron chi connectivity index (χ0n) is 54.4. The smallest absolute Gasteiger partial charge is 0.306 e. The van der Waals surface area contributed by atoms with Crippen molar-refractivity contribution < 1.29 is 28.6 Å². The van der Waals surface area contributed by atoms with E-state index < -0.39 is 6.10 Å². The van der Waals surface area contributed by atoms with E-state index in [0.29, 0.717) is 25.7 Å². The maximum absolute atomic E-state index is 13.0. The number of allylic oxidation sites excluding steroid dienone is 20. The van der Waals surface area contributed by atoms with Crippen molar-refractivity contribution >= 4 is 17.9 Å². The van der Waals surface area contributed by atoms with Gasteiger partial charge in [0.15, 0.2) is 6.10 Å². The Labute approximate surface area is 513 Å². The van der Waals surface area contributed by atoms with Crippen LogP contribution in [0.1, 0.15) is 329 Å². The van der Waals surface area contributed by atoms with Gasteiger partial charge in [-0.25, -0.2) is 0 Å². The van der Waals surface area contributed by atoms with Crippen molar-refractivity contribution in [1.29, 1.82) is 0 Å². The number of esters is 3. The van der Waals surface area contributed by atoms with E-state index in [2.05, 4.69) is 142 Å². The van der Waals surface area contributed by atoms with E-state index in [0.717, 1.165) is 128 Å². The molecule has 0 radical (unpaired) electrons. The Kier molecular flexibility index (Phi) is 66.7. The molecule has 83 heavy (non-hydrogen) atoms. The van der Waals surface area contributed by atoms with Gasteiger partial charge in [-0.3, -0.25) is 14.4 Å². The minimum absolute atomic E-state index is 0.0990. The predicted molar refractivity (Wildman–Crippen MR) is 362 cm³/mol. The molecule has 0 fully saturated rings. The topological polar surface area (TPSA) is 78.9 Å². The summed E-state index contributed by atoms with van der Waals surface area (Å²) in [6.07, 6.45) is 97.9. The predicted octanol–water partition coefficient (Wildman–Crippen LogP) is 24.3. The minimum atomic E-state index is -0.806. The van der Waals surface area contributed by atoms with E-state index >= 15 is 0 Å². The first-order valence-corrected chi connectivity index (χ1v) is 35.0. The van der Waals surface area contributed by atoms with Crippen LogP contribution in [0.15, 0.2) is 122 Å². The zero-order valence-corrected chi connectivity index (χ0v) is 54.4. The van der Waals surface area contributed by atoms with Gasteiger partial charge in [0.1, 0.15) is 13.2 Å². The molecule has 0 bridgehead atoms. The molecule has 6 heteroatoms. The average molecular weight is 1150 g/mol. The summed E-state index contributed by atoms with van der Waals surface area (Å²) in [5.41, 5.74) is 0. The maximum atomic E-state index is 13.0. The van der Waals surface area contributed by atoms with Crippen LogP contribution in [0.2, 0.25) is 0 Å². The van der Waals surface area contributed by atoms with Crippen LogP contribution in [0.5, 0.6) is 0 Å². The molecule has 0 spiro atoms. The van der Waals surface area contributed by atoms with Crippen LogP contribution in [-0.2, 0) is 28.6 Å². The minimum Gasteiger partial charge on any atom is -0.462 e. The van der Waals surface area contributed by atoms with Crippen molar-refractivity contribution in [3.8, 4) is 0 Å². The fourth-order valence-corrected chi connectivity index (χ4v) is 9.73. The molecule has 1 atom stereocenters. The third-order valence-corrected chi connectivity index (χ3v) is 15.0. The Morgan fingerprint density at radius 3 is 0.771 bits per heavy atom. The number of ether oxygens (including phenoxy) is 3. The summed E-state index contributed by atoms with van der Waals surface area (Å²) < 4.78 is 16.9. The lowest BCUT2D eigenvalue weighted by molar-refractivity contribution is -0.167. The van der Waals surface area contributed by atoms with Crippen LogP contribution in [0, 0.1) is 0 Å². The van der Waals surface area contributed by atoms with E-state index in [1.165, 1.54) is 154 Å². The fraction of sp³-hybridized carbons (Fsp3) is 0.701. The molecular formula is C77H130O6. The van der Waals surface area contributed by atoms with Crippen molar-refractivity contribution in [2.75, 3.05) is 13.2 Å². The molecule has 1 unspecified atom stereocenters. The Bertz CT molecular complexity index is 1700. The highest BCUT2D eigenvalue weighted by atomic mass is 16.6. The third kappa shape index (κ3) is 68.5. The first-order chi connectivity index (χ1) is 41.0. The summed E-state index contributed by atoms with van der Waals surface area (Å²) >= 11 is 0. The molecule has 0 aliphatic carbocycles. The van der Waals surface area contributed by atoms with Gasteiger partial charge in [0.05, 0.1) is 0 Å². The van der Waals surface area contributed by atoms with E-state index in [9.17, 15) is 14.4 Å². The molecule has 0 saturated heterocycles. The molecule has 0 amide bonds. The Morgan fingerprint density at radius 2 is 0.470 bits per heavy atom. The molecule has 0 heterocycles. The summed E-state index contributed by atoms with van der Waals surface area (Å²) in [5.74, 6) is -0.944. The summed E-state index contributed by atoms with van der Waals surface area (Å²) in [5, 5.41) is 0. The van der Waals surface area contributed by atoms with Crippen molar-refractivity contribution in [3.05, 3.63) is 122 Å². The highest BCUT2D eigenvalue weighted by Gasteiger charge is 2.19. The van der Waals surface area contributed by atoms with Gasteiger partial charge >= 0.3 is 17.9 Å². The van der Waals surface area contributed by atoms with Crippen LogP contribution in [0.25, 0.3) is 0 Å². The van der Waals surface area contributed by atoms with Gasteiger partial charge in [0.2, 0.25) is 0 Å². The van der Waals surface area contributed by atoms with E-state index in [1.807, 2.05) is 0 Å². The molecule has 0 aliphatic rings. The van der Waals surface area contributed by atoms with Crippen molar-refractivity contribution in [1.82, 2.24) is 0 Å². The Hall–Kier alpha value is -4.19. The second kappa shape index (κ2) is 70.3. The monoisotopic (exact) mass is 1150 g/mol. The van der Waals surface area contributed by atoms with Gasteiger partial charge in [-0.05, 0) is 116 Å². The molecule has 0 saturated carbocycles. The Morgan fingerprint density at radius 1 is 0.253 bits per heavy atom. The van der Waals surface area contributed by atoms with E-state index in [1.54, 1.807) is 0 Å². The van der Waals surface area contributed by atoms with Gasteiger partial charge < -0.3 is 14.2 Å². The number of carbonyl (C=O) groups is 3. The number of unbranched alkanes of at least 4 members (excludes halogenated alkanes) is 32. The summed E-state index contributed by atoms with van der Waals surface area (Å²) in [4.78, 5) is 38.4.